The number of anilines is 2. The Hall–Kier alpha value is -2.29. The van der Waals surface area contributed by atoms with Crippen molar-refractivity contribution in [3.63, 3.8) is 0 Å². The van der Waals surface area contributed by atoms with Crippen molar-refractivity contribution in [1.82, 2.24) is 0 Å². The van der Waals surface area contributed by atoms with Gasteiger partial charge in [-0.25, -0.2) is 5.01 Å². The fourth-order valence-electron chi connectivity index (χ4n) is 2.80. The van der Waals surface area contributed by atoms with E-state index < -0.39 is 0 Å². The average Bonchev–Trinajstić information content (AvgIpc) is 2.61. The van der Waals surface area contributed by atoms with Gasteiger partial charge in [0.25, 0.3) is 0 Å². The maximum atomic E-state index is 13.3. The Morgan fingerprint density at radius 3 is 2.12 bits per heavy atom. The number of carbonyl (C=O) groups excluding carboxylic acids is 1. The SMILES string of the molecule is CCCCC(C(=O)N(Nc1ccccc1)c1ccccc1)C(C)C. The maximum absolute atomic E-state index is 13.3. The topological polar surface area (TPSA) is 32.3 Å². The number of benzene rings is 2. The summed E-state index contributed by atoms with van der Waals surface area (Å²) >= 11 is 0. The van der Waals surface area contributed by atoms with Gasteiger partial charge in [0, 0.05) is 5.92 Å². The van der Waals surface area contributed by atoms with Crippen LogP contribution in [-0.4, -0.2) is 5.91 Å². The average molecular weight is 324 g/mol. The summed E-state index contributed by atoms with van der Waals surface area (Å²) in [5.41, 5.74) is 5.07. The molecule has 0 spiro atoms. The molecule has 0 aliphatic heterocycles. The second-order valence-electron chi connectivity index (χ2n) is 6.48. The van der Waals surface area contributed by atoms with Crippen LogP contribution in [-0.2, 0) is 4.79 Å². The molecule has 0 saturated carbocycles. The fraction of sp³-hybridized carbons (Fsp3) is 0.381. The van der Waals surface area contributed by atoms with Crippen molar-refractivity contribution in [2.24, 2.45) is 11.8 Å². The number of para-hydroxylation sites is 2. The quantitative estimate of drug-likeness (QED) is 0.649. The largest absolute Gasteiger partial charge is 0.291 e. The van der Waals surface area contributed by atoms with E-state index in [0.717, 1.165) is 30.6 Å². The van der Waals surface area contributed by atoms with Crippen LogP contribution in [0.2, 0.25) is 0 Å². The summed E-state index contributed by atoms with van der Waals surface area (Å²) in [6.07, 6.45) is 3.10. The second-order valence-corrected chi connectivity index (χ2v) is 6.48. The Balaban J connectivity index is 2.28. The van der Waals surface area contributed by atoms with Gasteiger partial charge in [0.2, 0.25) is 5.91 Å². The van der Waals surface area contributed by atoms with Gasteiger partial charge in [-0.05, 0) is 36.6 Å². The van der Waals surface area contributed by atoms with Crippen LogP contribution in [0.5, 0.6) is 0 Å². The standard InChI is InChI=1S/C21H28N2O/c1-4-5-16-20(17(2)3)21(24)23(19-14-10-7-11-15-19)22-18-12-8-6-9-13-18/h6-15,17,20,22H,4-5,16H2,1-3H3. The lowest BCUT2D eigenvalue weighted by Gasteiger charge is -2.30. The zero-order chi connectivity index (χ0) is 17.4. The number of hydrazine groups is 1. The molecular formula is C21H28N2O. The highest BCUT2D eigenvalue weighted by molar-refractivity contribution is 5.97. The van der Waals surface area contributed by atoms with E-state index in [2.05, 4.69) is 26.2 Å². The Bertz CT molecular complexity index is 610. The minimum atomic E-state index is 0.0152. The fourth-order valence-corrected chi connectivity index (χ4v) is 2.80. The van der Waals surface area contributed by atoms with Gasteiger partial charge in [-0.2, -0.15) is 0 Å². The lowest BCUT2D eigenvalue weighted by molar-refractivity contribution is -0.123. The molecular weight excluding hydrogens is 296 g/mol. The molecule has 0 bridgehead atoms. The van der Waals surface area contributed by atoms with Crippen LogP contribution in [0.3, 0.4) is 0 Å². The van der Waals surface area contributed by atoms with Crippen LogP contribution in [0, 0.1) is 11.8 Å². The molecule has 1 N–H and O–H groups in total. The Morgan fingerprint density at radius 2 is 1.58 bits per heavy atom. The number of amides is 1. The van der Waals surface area contributed by atoms with Crippen LogP contribution in [0.15, 0.2) is 60.7 Å². The number of hydrogen-bond donors (Lipinski definition) is 1. The lowest BCUT2D eigenvalue weighted by Crippen LogP contribution is -2.42. The van der Waals surface area contributed by atoms with Gasteiger partial charge in [0.15, 0.2) is 0 Å². The molecule has 0 aliphatic rings. The highest BCUT2D eigenvalue weighted by Crippen LogP contribution is 2.25. The Morgan fingerprint density at radius 1 is 1.00 bits per heavy atom. The normalized spacial score (nSPS) is 12.0. The maximum Gasteiger partial charge on any atom is 0.248 e. The van der Waals surface area contributed by atoms with E-state index in [1.54, 1.807) is 5.01 Å². The monoisotopic (exact) mass is 324 g/mol. The highest BCUT2D eigenvalue weighted by atomic mass is 16.2. The van der Waals surface area contributed by atoms with Gasteiger partial charge in [0.05, 0.1) is 11.4 Å². The first kappa shape index (κ1) is 18.1. The number of nitrogens with zero attached hydrogens (tertiary/aromatic N) is 1. The van der Waals surface area contributed by atoms with Crippen molar-refractivity contribution in [3.05, 3.63) is 60.7 Å². The molecule has 0 fully saturated rings. The molecule has 2 aromatic carbocycles. The third kappa shape index (κ3) is 4.85. The first-order valence-electron chi connectivity index (χ1n) is 8.84. The van der Waals surface area contributed by atoms with Crippen molar-refractivity contribution in [2.45, 2.75) is 40.0 Å². The molecule has 128 valence electrons. The molecule has 1 unspecified atom stereocenters. The van der Waals surface area contributed by atoms with Crippen molar-refractivity contribution >= 4 is 17.3 Å². The first-order valence-corrected chi connectivity index (χ1v) is 8.84. The molecule has 0 radical (unpaired) electrons. The highest BCUT2D eigenvalue weighted by Gasteiger charge is 2.27. The predicted octanol–water partition coefficient (Wildman–Crippen LogP) is 5.51. The van der Waals surface area contributed by atoms with Crippen LogP contribution in [0.4, 0.5) is 11.4 Å². The summed E-state index contributed by atoms with van der Waals surface area (Å²) < 4.78 is 0. The van der Waals surface area contributed by atoms with Crippen LogP contribution >= 0.6 is 0 Å². The van der Waals surface area contributed by atoms with E-state index >= 15 is 0 Å². The van der Waals surface area contributed by atoms with Crippen molar-refractivity contribution < 1.29 is 4.79 Å². The van der Waals surface area contributed by atoms with Crippen molar-refractivity contribution in [3.8, 4) is 0 Å². The summed E-state index contributed by atoms with van der Waals surface area (Å²) in [4.78, 5) is 13.3. The molecule has 0 aromatic heterocycles. The summed E-state index contributed by atoms with van der Waals surface area (Å²) in [5, 5.41) is 1.70. The summed E-state index contributed by atoms with van der Waals surface area (Å²) in [6, 6.07) is 19.6. The first-order chi connectivity index (χ1) is 11.6. The molecule has 3 nitrogen and oxygen atoms in total. The second kappa shape index (κ2) is 9.11. The third-order valence-corrected chi connectivity index (χ3v) is 4.24. The number of rotatable bonds is 8. The Kier molecular flexibility index (Phi) is 6.86. The lowest BCUT2D eigenvalue weighted by atomic mass is 9.89. The van der Waals surface area contributed by atoms with E-state index in [4.69, 9.17) is 0 Å². The zero-order valence-corrected chi connectivity index (χ0v) is 14.9. The van der Waals surface area contributed by atoms with Gasteiger partial charge >= 0.3 is 0 Å². The minimum Gasteiger partial charge on any atom is -0.291 e. The molecule has 3 heteroatoms. The number of nitrogens with one attached hydrogen (secondary N) is 1. The van der Waals surface area contributed by atoms with Crippen molar-refractivity contribution in [1.29, 1.82) is 0 Å². The van der Waals surface area contributed by atoms with Gasteiger partial charge < -0.3 is 0 Å². The molecule has 2 aromatic rings. The third-order valence-electron chi connectivity index (χ3n) is 4.24. The summed E-state index contributed by atoms with van der Waals surface area (Å²) in [7, 11) is 0. The van der Waals surface area contributed by atoms with Gasteiger partial charge in [-0.3, -0.25) is 10.2 Å². The smallest absolute Gasteiger partial charge is 0.248 e. The van der Waals surface area contributed by atoms with E-state index in [9.17, 15) is 4.79 Å². The molecule has 2 rings (SSSR count). The minimum absolute atomic E-state index is 0.0152. The molecule has 24 heavy (non-hydrogen) atoms. The molecule has 1 atom stereocenters. The van der Waals surface area contributed by atoms with E-state index in [1.165, 1.54) is 0 Å². The molecule has 1 amide bonds. The van der Waals surface area contributed by atoms with E-state index in [-0.39, 0.29) is 11.8 Å². The zero-order valence-electron chi connectivity index (χ0n) is 14.9. The predicted molar refractivity (Wildman–Crippen MR) is 102 cm³/mol. The summed E-state index contributed by atoms with van der Waals surface area (Å²) in [6.45, 7) is 6.42. The Labute approximate surface area is 145 Å². The molecule has 0 aliphatic carbocycles. The number of carbonyl (C=O) groups is 1. The molecule has 0 heterocycles. The summed E-state index contributed by atoms with van der Waals surface area (Å²) in [5.74, 6) is 0.461. The van der Waals surface area contributed by atoms with Crippen LogP contribution in [0.25, 0.3) is 0 Å². The number of hydrogen-bond acceptors (Lipinski definition) is 2. The molecule has 0 saturated heterocycles. The van der Waals surface area contributed by atoms with E-state index in [0.29, 0.717) is 5.92 Å². The van der Waals surface area contributed by atoms with E-state index in [1.807, 2.05) is 60.7 Å². The number of unbranched alkanes of at least 4 members (excludes halogenated alkanes) is 1. The van der Waals surface area contributed by atoms with Crippen LogP contribution < -0.4 is 10.4 Å². The van der Waals surface area contributed by atoms with Gasteiger partial charge in [-0.1, -0.05) is 70.0 Å². The van der Waals surface area contributed by atoms with Gasteiger partial charge in [-0.15, -0.1) is 0 Å². The van der Waals surface area contributed by atoms with Gasteiger partial charge in [0.1, 0.15) is 0 Å². The van der Waals surface area contributed by atoms with Crippen LogP contribution in [0.1, 0.15) is 40.0 Å². The van der Waals surface area contributed by atoms with Crippen molar-refractivity contribution in [2.75, 3.05) is 10.4 Å².